The second-order valence-electron chi connectivity index (χ2n) is 7.50. The monoisotopic (exact) mass is 472 g/mol. The number of carbonyl (C=O) groups is 2. The van der Waals surface area contributed by atoms with E-state index in [-0.39, 0.29) is 12.5 Å². The second-order valence-corrected chi connectivity index (χ2v) is 7.93. The number of hydrazone groups is 1. The van der Waals surface area contributed by atoms with E-state index in [2.05, 4.69) is 10.5 Å². The summed E-state index contributed by atoms with van der Waals surface area (Å²) in [4.78, 5) is 28.6. The Morgan fingerprint density at radius 3 is 2.44 bits per heavy atom. The number of nitrogens with two attached hydrogens (primary N) is 1. The van der Waals surface area contributed by atoms with E-state index in [4.69, 9.17) is 27.1 Å². The van der Waals surface area contributed by atoms with Crippen molar-refractivity contribution in [1.82, 2.24) is 10.4 Å². The van der Waals surface area contributed by atoms with Crippen molar-refractivity contribution in [3.8, 4) is 17.0 Å². The summed E-state index contributed by atoms with van der Waals surface area (Å²) in [5.74, 6) is -0.390. The van der Waals surface area contributed by atoms with Crippen molar-refractivity contribution in [1.29, 1.82) is 0 Å². The minimum Gasteiger partial charge on any atom is -0.484 e. The van der Waals surface area contributed by atoms with Crippen LogP contribution in [0.4, 0.5) is 0 Å². The van der Waals surface area contributed by atoms with Crippen LogP contribution < -0.4 is 15.9 Å². The average molecular weight is 473 g/mol. The van der Waals surface area contributed by atoms with Crippen molar-refractivity contribution in [2.75, 3.05) is 6.61 Å². The number of benzene rings is 3. The van der Waals surface area contributed by atoms with Crippen LogP contribution in [0.5, 0.6) is 5.75 Å². The van der Waals surface area contributed by atoms with Crippen molar-refractivity contribution < 1.29 is 14.3 Å². The Balaban J connectivity index is 1.58. The maximum absolute atomic E-state index is 13.1. The van der Waals surface area contributed by atoms with Crippen LogP contribution in [0, 0.1) is 0 Å². The third kappa shape index (κ3) is 5.39. The summed E-state index contributed by atoms with van der Waals surface area (Å²) in [5, 5.41) is 5.61. The van der Waals surface area contributed by atoms with Gasteiger partial charge in [-0.1, -0.05) is 41.9 Å². The first-order valence-corrected chi connectivity index (χ1v) is 10.8. The van der Waals surface area contributed by atoms with Gasteiger partial charge in [0.25, 0.3) is 11.8 Å². The molecule has 0 aliphatic heterocycles. The fraction of sp³-hybridized carbons (Fsp3) is 0.0769. The molecule has 4 rings (SSSR count). The number of fused-ring (bicyclic) bond motifs is 1. The zero-order valence-corrected chi connectivity index (χ0v) is 19.0. The maximum Gasteiger partial charge on any atom is 0.272 e. The molecule has 0 aliphatic rings. The number of primary amides is 1. The number of ether oxygens (including phenoxy) is 1. The molecule has 0 saturated heterocycles. The van der Waals surface area contributed by atoms with E-state index in [1.54, 1.807) is 49.4 Å². The summed E-state index contributed by atoms with van der Waals surface area (Å²) >= 11 is 6.01. The number of nitrogens with zero attached hydrogens (tertiary/aromatic N) is 2. The van der Waals surface area contributed by atoms with Crippen LogP contribution in [0.2, 0.25) is 5.02 Å². The summed E-state index contributed by atoms with van der Waals surface area (Å²) < 4.78 is 5.26. The van der Waals surface area contributed by atoms with Gasteiger partial charge in [-0.25, -0.2) is 10.4 Å². The molecule has 0 spiro atoms. The van der Waals surface area contributed by atoms with Gasteiger partial charge in [0.15, 0.2) is 6.61 Å². The van der Waals surface area contributed by atoms with Crippen LogP contribution in [-0.2, 0) is 4.79 Å². The molecule has 1 heterocycles. The zero-order valence-electron chi connectivity index (χ0n) is 18.3. The third-order valence-corrected chi connectivity index (χ3v) is 5.33. The molecule has 170 valence electrons. The molecule has 3 N–H and O–H groups in total. The lowest BCUT2D eigenvalue weighted by atomic mass is 10.0. The van der Waals surface area contributed by atoms with Crippen molar-refractivity contribution in [3.63, 3.8) is 0 Å². The summed E-state index contributed by atoms with van der Waals surface area (Å²) in [5.41, 5.74) is 11.8. The fourth-order valence-corrected chi connectivity index (χ4v) is 3.46. The highest BCUT2D eigenvalue weighted by Gasteiger charge is 2.14. The molecule has 0 bridgehead atoms. The minimum absolute atomic E-state index is 0.194. The van der Waals surface area contributed by atoms with Crippen LogP contribution in [0.25, 0.3) is 22.2 Å². The van der Waals surface area contributed by atoms with E-state index in [0.29, 0.717) is 33.3 Å². The van der Waals surface area contributed by atoms with E-state index >= 15 is 0 Å². The van der Waals surface area contributed by atoms with Crippen molar-refractivity contribution in [2.24, 2.45) is 10.8 Å². The third-order valence-electron chi connectivity index (χ3n) is 5.08. The molecule has 0 atom stereocenters. The smallest absolute Gasteiger partial charge is 0.272 e. The van der Waals surface area contributed by atoms with E-state index in [9.17, 15) is 9.59 Å². The molecule has 2 amide bonds. The molecule has 8 heteroatoms. The molecule has 0 unspecified atom stereocenters. The first-order chi connectivity index (χ1) is 16.4. The highest BCUT2D eigenvalue weighted by Crippen LogP contribution is 2.26. The number of nitrogens with one attached hydrogen (secondary N) is 1. The Morgan fingerprint density at radius 2 is 1.74 bits per heavy atom. The number of pyridine rings is 1. The van der Waals surface area contributed by atoms with Gasteiger partial charge in [-0.15, -0.1) is 0 Å². The quantitative estimate of drug-likeness (QED) is 0.303. The number of amides is 2. The van der Waals surface area contributed by atoms with Gasteiger partial charge < -0.3 is 10.5 Å². The van der Waals surface area contributed by atoms with Gasteiger partial charge in [0.05, 0.1) is 22.5 Å². The normalized spacial score (nSPS) is 11.3. The minimum atomic E-state index is -0.549. The number of rotatable bonds is 7. The topological polar surface area (TPSA) is 107 Å². The van der Waals surface area contributed by atoms with Crippen LogP contribution in [0.1, 0.15) is 22.8 Å². The molecule has 1 aromatic heterocycles. The lowest BCUT2D eigenvalue weighted by molar-refractivity contribution is -0.119. The summed E-state index contributed by atoms with van der Waals surface area (Å²) in [6.07, 6.45) is 0. The standard InChI is InChI=1S/C26H21ClN4O3/c1-16(17-8-12-20(13-9-17)34-15-25(28)32)30-31-26(33)22-14-24(18-6-10-19(27)11-7-18)29-23-5-3-2-4-21(22)23/h2-14H,15H2,1H3,(H2,28,32)(H,31,33). The Labute approximate surface area is 201 Å². The van der Waals surface area contributed by atoms with Gasteiger partial charge in [-0.3, -0.25) is 9.59 Å². The van der Waals surface area contributed by atoms with E-state index in [1.165, 1.54) is 0 Å². The zero-order chi connectivity index (χ0) is 24.1. The molecular formula is C26H21ClN4O3. The fourth-order valence-electron chi connectivity index (χ4n) is 3.34. The van der Waals surface area contributed by atoms with Gasteiger partial charge in [0.2, 0.25) is 0 Å². The van der Waals surface area contributed by atoms with Gasteiger partial charge >= 0.3 is 0 Å². The molecule has 0 aliphatic carbocycles. The summed E-state index contributed by atoms with van der Waals surface area (Å²) in [6, 6.07) is 23.5. The van der Waals surface area contributed by atoms with Crippen LogP contribution >= 0.6 is 11.6 Å². The number of carbonyl (C=O) groups excluding carboxylic acids is 2. The summed E-state index contributed by atoms with van der Waals surface area (Å²) in [7, 11) is 0. The van der Waals surface area contributed by atoms with Gasteiger partial charge in [0, 0.05) is 16.0 Å². The predicted octanol–water partition coefficient (Wildman–Crippen LogP) is 4.57. The van der Waals surface area contributed by atoms with Crippen molar-refractivity contribution in [2.45, 2.75) is 6.92 Å². The van der Waals surface area contributed by atoms with Gasteiger partial charge in [-0.05, 0) is 61.0 Å². The lowest BCUT2D eigenvalue weighted by Crippen LogP contribution is -2.20. The van der Waals surface area contributed by atoms with Crippen LogP contribution in [0.15, 0.2) is 84.0 Å². The highest BCUT2D eigenvalue weighted by atomic mass is 35.5. The van der Waals surface area contributed by atoms with Crippen LogP contribution in [-0.4, -0.2) is 29.1 Å². The Hall–Kier alpha value is -4.23. The Bertz CT molecular complexity index is 1380. The number of aromatic nitrogens is 1. The number of para-hydroxylation sites is 1. The second kappa shape index (κ2) is 10.1. The molecule has 3 aromatic carbocycles. The molecular weight excluding hydrogens is 452 g/mol. The van der Waals surface area contributed by atoms with Gasteiger partial charge in [-0.2, -0.15) is 5.10 Å². The van der Waals surface area contributed by atoms with E-state index < -0.39 is 5.91 Å². The Morgan fingerprint density at radius 1 is 1.03 bits per heavy atom. The molecule has 4 aromatic rings. The van der Waals surface area contributed by atoms with Crippen molar-refractivity contribution >= 4 is 40.0 Å². The van der Waals surface area contributed by atoms with Crippen molar-refractivity contribution in [3.05, 3.63) is 95.0 Å². The maximum atomic E-state index is 13.1. The van der Waals surface area contributed by atoms with Gasteiger partial charge in [0.1, 0.15) is 5.75 Å². The number of halogens is 1. The summed E-state index contributed by atoms with van der Waals surface area (Å²) in [6.45, 7) is 1.59. The molecule has 0 fully saturated rings. The number of hydrogen-bond donors (Lipinski definition) is 2. The highest BCUT2D eigenvalue weighted by molar-refractivity contribution is 6.30. The van der Waals surface area contributed by atoms with Crippen LogP contribution in [0.3, 0.4) is 0 Å². The SMILES string of the molecule is CC(=NNC(=O)c1cc(-c2ccc(Cl)cc2)nc2ccccc12)c1ccc(OCC(N)=O)cc1. The largest absolute Gasteiger partial charge is 0.484 e. The lowest BCUT2D eigenvalue weighted by Gasteiger charge is -2.10. The molecule has 0 saturated carbocycles. The number of hydrogen-bond acceptors (Lipinski definition) is 5. The predicted molar refractivity (Wildman–Crippen MR) is 133 cm³/mol. The Kier molecular flexibility index (Phi) is 6.85. The first-order valence-electron chi connectivity index (χ1n) is 10.4. The molecule has 34 heavy (non-hydrogen) atoms. The average Bonchev–Trinajstić information content (AvgIpc) is 2.86. The molecule has 7 nitrogen and oxygen atoms in total. The van der Waals surface area contributed by atoms with E-state index in [1.807, 2.05) is 36.4 Å². The molecule has 0 radical (unpaired) electrons. The van der Waals surface area contributed by atoms with E-state index in [0.717, 1.165) is 16.5 Å². The first kappa shape index (κ1) is 22.9.